The number of allylic oxidation sites excluding steroid dienone is 1. The van der Waals surface area contributed by atoms with Crippen molar-refractivity contribution in [3.05, 3.63) is 57.8 Å². The van der Waals surface area contributed by atoms with Crippen LogP contribution in [0.1, 0.15) is 36.0 Å². The van der Waals surface area contributed by atoms with Gasteiger partial charge in [-0.1, -0.05) is 23.3 Å². The maximum atomic E-state index is 12.6. The van der Waals surface area contributed by atoms with Crippen molar-refractivity contribution in [1.29, 1.82) is 0 Å². The fourth-order valence-electron chi connectivity index (χ4n) is 3.17. The van der Waals surface area contributed by atoms with Crippen molar-refractivity contribution in [1.82, 2.24) is 4.90 Å². The van der Waals surface area contributed by atoms with Crippen LogP contribution in [0, 0.1) is 0 Å². The van der Waals surface area contributed by atoms with Gasteiger partial charge in [-0.2, -0.15) is 11.3 Å². The number of rotatable bonds is 2. The summed E-state index contributed by atoms with van der Waals surface area (Å²) in [6.07, 6.45) is 4.75. The van der Waals surface area contributed by atoms with Crippen LogP contribution in [-0.4, -0.2) is 23.9 Å². The molecule has 2 nitrogen and oxygen atoms in total. The normalized spacial score (nSPS) is 17.7. The van der Waals surface area contributed by atoms with Crippen LogP contribution in [0.5, 0.6) is 0 Å². The van der Waals surface area contributed by atoms with Gasteiger partial charge in [0.1, 0.15) is 0 Å². The largest absolute Gasteiger partial charge is 0.338 e. The number of carbonyl (C=O) groups is 1. The maximum Gasteiger partial charge on any atom is 0.253 e. The molecule has 2 heterocycles. The Morgan fingerprint density at radius 3 is 2.14 bits per heavy atom. The van der Waals surface area contributed by atoms with E-state index in [1.165, 1.54) is 24.0 Å². The number of nitrogens with zero attached hydrogens (tertiary/aromatic N) is 1. The van der Waals surface area contributed by atoms with Gasteiger partial charge in [-0.15, -0.1) is 0 Å². The molecule has 0 unspecified atom stereocenters. The second kappa shape index (κ2) is 5.73. The zero-order valence-corrected chi connectivity index (χ0v) is 13.4. The molecule has 1 saturated carbocycles. The Morgan fingerprint density at radius 1 is 0.864 bits per heavy atom. The van der Waals surface area contributed by atoms with Crippen molar-refractivity contribution in [2.75, 3.05) is 13.1 Å². The maximum absolute atomic E-state index is 12.6. The summed E-state index contributed by atoms with van der Waals surface area (Å²) < 4.78 is 0. The third-order valence-electron chi connectivity index (χ3n) is 4.64. The van der Waals surface area contributed by atoms with E-state index in [0.29, 0.717) is 0 Å². The fourth-order valence-corrected chi connectivity index (χ4v) is 3.83. The monoisotopic (exact) mass is 309 g/mol. The second-order valence-electron chi connectivity index (χ2n) is 6.09. The summed E-state index contributed by atoms with van der Waals surface area (Å²) in [5.41, 5.74) is 6.49. The quantitative estimate of drug-likeness (QED) is 0.734. The van der Waals surface area contributed by atoms with E-state index in [1.54, 1.807) is 22.5 Å². The Kier molecular flexibility index (Phi) is 3.59. The Bertz CT molecular complexity index is 696. The molecule has 3 heteroatoms. The minimum absolute atomic E-state index is 0.178. The summed E-state index contributed by atoms with van der Waals surface area (Å²) in [7, 11) is 0. The first kappa shape index (κ1) is 13.8. The molecular formula is C19H19NOS. The smallest absolute Gasteiger partial charge is 0.253 e. The predicted octanol–water partition coefficient (Wildman–Crippen LogP) is 4.74. The van der Waals surface area contributed by atoms with Crippen LogP contribution < -0.4 is 0 Å². The highest BCUT2D eigenvalue weighted by molar-refractivity contribution is 7.08. The molecule has 0 bridgehead atoms. The third-order valence-corrected chi connectivity index (χ3v) is 5.32. The predicted molar refractivity (Wildman–Crippen MR) is 91.2 cm³/mol. The van der Waals surface area contributed by atoms with Gasteiger partial charge in [0.05, 0.1) is 0 Å². The van der Waals surface area contributed by atoms with Gasteiger partial charge < -0.3 is 4.90 Å². The first-order valence-electron chi connectivity index (χ1n) is 7.93. The minimum atomic E-state index is 0.178. The summed E-state index contributed by atoms with van der Waals surface area (Å²) in [5.74, 6) is 0.178. The second-order valence-corrected chi connectivity index (χ2v) is 6.87. The van der Waals surface area contributed by atoms with Crippen molar-refractivity contribution in [3.8, 4) is 11.1 Å². The molecule has 1 saturated heterocycles. The van der Waals surface area contributed by atoms with E-state index in [9.17, 15) is 4.79 Å². The van der Waals surface area contributed by atoms with Gasteiger partial charge in [-0.05, 0) is 65.8 Å². The number of likely N-dealkylation sites (tertiary alicyclic amines) is 1. The molecule has 0 radical (unpaired) electrons. The zero-order chi connectivity index (χ0) is 14.9. The molecule has 1 amide bonds. The zero-order valence-electron chi connectivity index (χ0n) is 12.5. The average molecular weight is 309 g/mol. The number of benzene rings is 1. The van der Waals surface area contributed by atoms with Crippen molar-refractivity contribution in [2.45, 2.75) is 25.7 Å². The van der Waals surface area contributed by atoms with Crippen molar-refractivity contribution < 1.29 is 4.79 Å². The molecule has 1 aliphatic heterocycles. The number of thiophene rings is 1. The molecule has 0 N–H and O–H groups in total. The van der Waals surface area contributed by atoms with Crippen molar-refractivity contribution in [2.24, 2.45) is 0 Å². The van der Waals surface area contributed by atoms with Crippen molar-refractivity contribution >= 4 is 17.2 Å². The highest BCUT2D eigenvalue weighted by Gasteiger charge is 2.24. The molecule has 0 spiro atoms. The molecule has 1 aliphatic carbocycles. The van der Waals surface area contributed by atoms with Crippen LogP contribution in [0.15, 0.2) is 52.2 Å². The molecule has 2 fully saturated rings. The Morgan fingerprint density at radius 2 is 1.55 bits per heavy atom. The lowest BCUT2D eigenvalue weighted by Crippen LogP contribution is -2.36. The van der Waals surface area contributed by atoms with Crippen LogP contribution in [0.2, 0.25) is 0 Å². The number of hydrogen-bond acceptors (Lipinski definition) is 2. The topological polar surface area (TPSA) is 20.3 Å². The highest BCUT2D eigenvalue weighted by atomic mass is 32.1. The summed E-state index contributed by atoms with van der Waals surface area (Å²) in [6, 6.07) is 10.1. The molecule has 2 aliphatic rings. The van der Waals surface area contributed by atoms with Crippen LogP contribution in [0.25, 0.3) is 11.1 Å². The van der Waals surface area contributed by atoms with Crippen LogP contribution >= 0.6 is 11.3 Å². The van der Waals surface area contributed by atoms with Gasteiger partial charge in [0.2, 0.25) is 0 Å². The summed E-state index contributed by atoms with van der Waals surface area (Å²) in [4.78, 5) is 14.6. The number of carbonyl (C=O) groups excluding carboxylic acids is 1. The van der Waals surface area contributed by atoms with E-state index in [-0.39, 0.29) is 5.91 Å². The van der Waals surface area contributed by atoms with E-state index >= 15 is 0 Å². The molecule has 4 rings (SSSR count). The van der Waals surface area contributed by atoms with Crippen LogP contribution in [0.4, 0.5) is 0 Å². The minimum Gasteiger partial charge on any atom is -0.338 e. The molecule has 1 aromatic heterocycles. The SMILES string of the molecule is O=C(c1ccc(-c2ccsc2)cc1)N1CCC(=C2CC2)CC1. The molecule has 0 atom stereocenters. The molecule has 1 aromatic carbocycles. The first-order chi connectivity index (χ1) is 10.8. The number of amides is 1. The molecule has 112 valence electrons. The Balaban J connectivity index is 1.45. The van der Waals surface area contributed by atoms with E-state index < -0.39 is 0 Å². The van der Waals surface area contributed by atoms with E-state index in [4.69, 9.17) is 0 Å². The first-order valence-corrected chi connectivity index (χ1v) is 8.87. The molecule has 2 aromatic rings. The van der Waals surface area contributed by atoms with Gasteiger partial charge in [0, 0.05) is 18.7 Å². The lowest BCUT2D eigenvalue weighted by Gasteiger charge is -2.28. The Hall–Kier alpha value is -1.87. The Labute approximate surface area is 135 Å². The molecule has 22 heavy (non-hydrogen) atoms. The van der Waals surface area contributed by atoms with Gasteiger partial charge in [0.25, 0.3) is 5.91 Å². The summed E-state index contributed by atoms with van der Waals surface area (Å²) in [5, 5.41) is 4.21. The van der Waals surface area contributed by atoms with E-state index in [1.807, 2.05) is 17.0 Å². The summed E-state index contributed by atoms with van der Waals surface area (Å²) in [6.45, 7) is 1.76. The van der Waals surface area contributed by atoms with Gasteiger partial charge in [-0.3, -0.25) is 4.79 Å². The standard InChI is InChI=1S/C19H19NOS/c21-19(20-10-7-16(8-11-20)14-1-2-14)17-5-3-15(4-6-17)18-9-12-22-13-18/h3-6,9,12-13H,1-2,7-8,10-11H2. The van der Waals surface area contributed by atoms with Gasteiger partial charge in [-0.25, -0.2) is 0 Å². The van der Waals surface area contributed by atoms with Gasteiger partial charge in [0.15, 0.2) is 0 Å². The van der Waals surface area contributed by atoms with Crippen LogP contribution in [-0.2, 0) is 0 Å². The lowest BCUT2D eigenvalue weighted by molar-refractivity contribution is 0.0743. The average Bonchev–Trinajstić information content (AvgIpc) is 3.29. The van der Waals surface area contributed by atoms with E-state index in [2.05, 4.69) is 29.0 Å². The lowest BCUT2D eigenvalue weighted by atomic mass is 10.0. The highest BCUT2D eigenvalue weighted by Crippen LogP contribution is 2.36. The van der Waals surface area contributed by atoms with E-state index in [0.717, 1.165) is 31.5 Å². The van der Waals surface area contributed by atoms with Crippen molar-refractivity contribution in [3.63, 3.8) is 0 Å². The molecular weight excluding hydrogens is 290 g/mol. The third kappa shape index (κ3) is 2.73. The van der Waals surface area contributed by atoms with Crippen LogP contribution in [0.3, 0.4) is 0 Å². The summed E-state index contributed by atoms with van der Waals surface area (Å²) >= 11 is 1.70. The number of hydrogen-bond donors (Lipinski definition) is 0. The number of piperidine rings is 1. The van der Waals surface area contributed by atoms with Gasteiger partial charge >= 0.3 is 0 Å². The fraction of sp³-hybridized carbons (Fsp3) is 0.316.